The third-order valence-corrected chi connectivity index (χ3v) is 6.30. The number of aryl methyl sites for hydroxylation is 1. The fraction of sp³-hybridized carbons (Fsp3) is 0.625. The van der Waals surface area contributed by atoms with E-state index < -0.39 is 0 Å². The van der Waals surface area contributed by atoms with E-state index in [2.05, 4.69) is 27.2 Å². The van der Waals surface area contributed by atoms with Gasteiger partial charge in [0.15, 0.2) is 5.82 Å². The smallest absolute Gasteiger partial charge is 0.249 e. The fourth-order valence-corrected chi connectivity index (χ4v) is 4.76. The molecule has 0 N–H and O–H groups in total. The first kappa shape index (κ1) is 21.8. The Balaban J connectivity index is 1.52. The highest BCUT2D eigenvalue weighted by atomic mass is 16.5. The SMILES string of the molecule is Cc1noc(C2CCN(Cc3ccccc3OC(C)C)CCN2C(=O)C2CCCC2)n1. The number of carbonyl (C=O) groups excluding carboxylic acids is 1. The summed E-state index contributed by atoms with van der Waals surface area (Å²) in [7, 11) is 0. The summed E-state index contributed by atoms with van der Waals surface area (Å²) in [5, 5.41) is 3.99. The molecular weight excluding hydrogens is 392 g/mol. The predicted octanol–water partition coefficient (Wildman–Crippen LogP) is 4.13. The Morgan fingerprint density at radius 3 is 2.65 bits per heavy atom. The van der Waals surface area contributed by atoms with Crippen molar-refractivity contribution in [1.82, 2.24) is 19.9 Å². The molecule has 4 rings (SSSR count). The van der Waals surface area contributed by atoms with Crippen LogP contribution in [0.4, 0.5) is 0 Å². The predicted molar refractivity (Wildman–Crippen MR) is 118 cm³/mol. The van der Waals surface area contributed by atoms with Gasteiger partial charge in [-0.15, -0.1) is 0 Å². The van der Waals surface area contributed by atoms with Crippen LogP contribution in [0.25, 0.3) is 0 Å². The van der Waals surface area contributed by atoms with Gasteiger partial charge in [-0.25, -0.2) is 0 Å². The molecule has 168 valence electrons. The molecule has 1 unspecified atom stereocenters. The molecule has 2 fully saturated rings. The zero-order valence-corrected chi connectivity index (χ0v) is 18.9. The molecule has 0 bridgehead atoms. The number of aromatic nitrogens is 2. The largest absolute Gasteiger partial charge is 0.491 e. The van der Waals surface area contributed by atoms with Crippen molar-refractivity contribution < 1.29 is 14.1 Å². The first-order valence-electron chi connectivity index (χ1n) is 11.6. The molecule has 1 aromatic heterocycles. The minimum Gasteiger partial charge on any atom is -0.491 e. The van der Waals surface area contributed by atoms with Crippen LogP contribution in [0.15, 0.2) is 28.8 Å². The highest BCUT2D eigenvalue weighted by molar-refractivity contribution is 5.79. The molecule has 7 nitrogen and oxygen atoms in total. The Hall–Kier alpha value is -2.41. The highest BCUT2D eigenvalue weighted by Crippen LogP contribution is 2.33. The van der Waals surface area contributed by atoms with Crippen LogP contribution in [-0.4, -0.2) is 51.6 Å². The van der Waals surface area contributed by atoms with Crippen molar-refractivity contribution in [3.8, 4) is 5.75 Å². The van der Waals surface area contributed by atoms with Gasteiger partial charge in [0, 0.05) is 37.7 Å². The lowest BCUT2D eigenvalue weighted by Gasteiger charge is -2.29. The van der Waals surface area contributed by atoms with E-state index in [1.807, 2.05) is 37.8 Å². The van der Waals surface area contributed by atoms with E-state index in [0.29, 0.717) is 18.3 Å². The van der Waals surface area contributed by atoms with Gasteiger partial charge in [0.1, 0.15) is 11.8 Å². The lowest BCUT2D eigenvalue weighted by molar-refractivity contribution is -0.138. The second-order valence-electron chi connectivity index (χ2n) is 9.05. The number of nitrogens with zero attached hydrogens (tertiary/aromatic N) is 4. The van der Waals surface area contributed by atoms with E-state index in [9.17, 15) is 4.79 Å². The third-order valence-electron chi connectivity index (χ3n) is 6.30. The Morgan fingerprint density at radius 1 is 1.16 bits per heavy atom. The van der Waals surface area contributed by atoms with Crippen LogP contribution in [0.2, 0.25) is 0 Å². The lowest BCUT2D eigenvalue weighted by Crippen LogP contribution is -2.40. The second kappa shape index (κ2) is 9.81. The van der Waals surface area contributed by atoms with Gasteiger partial charge in [-0.3, -0.25) is 9.69 Å². The molecule has 2 heterocycles. The summed E-state index contributed by atoms with van der Waals surface area (Å²) < 4.78 is 11.5. The molecule has 0 spiro atoms. The van der Waals surface area contributed by atoms with Gasteiger partial charge in [0.25, 0.3) is 0 Å². The van der Waals surface area contributed by atoms with Crippen LogP contribution < -0.4 is 4.74 Å². The van der Waals surface area contributed by atoms with Gasteiger partial charge in [0.05, 0.1) is 6.10 Å². The number of benzene rings is 1. The molecule has 1 aromatic carbocycles. The first-order chi connectivity index (χ1) is 15.0. The van der Waals surface area contributed by atoms with Gasteiger partial charge < -0.3 is 14.2 Å². The van der Waals surface area contributed by atoms with Crippen LogP contribution in [0.1, 0.15) is 69.3 Å². The molecule has 0 radical (unpaired) electrons. The fourth-order valence-electron chi connectivity index (χ4n) is 4.76. The molecule has 1 aliphatic carbocycles. The number of para-hydroxylation sites is 1. The first-order valence-corrected chi connectivity index (χ1v) is 11.6. The molecule has 2 aromatic rings. The van der Waals surface area contributed by atoms with E-state index in [0.717, 1.165) is 57.5 Å². The van der Waals surface area contributed by atoms with Crippen molar-refractivity contribution in [3.63, 3.8) is 0 Å². The van der Waals surface area contributed by atoms with Gasteiger partial charge >= 0.3 is 0 Å². The van der Waals surface area contributed by atoms with Crippen molar-refractivity contribution in [2.45, 2.75) is 71.6 Å². The summed E-state index contributed by atoms with van der Waals surface area (Å²) in [6.45, 7) is 9.07. The average Bonchev–Trinajstić information content (AvgIpc) is 3.38. The van der Waals surface area contributed by atoms with Crippen molar-refractivity contribution in [1.29, 1.82) is 0 Å². The Morgan fingerprint density at radius 2 is 1.94 bits per heavy atom. The van der Waals surface area contributed by atoms with Gasteiger partial charge in [-0.05, 0) is 46.1 Å². The maximum Gasteiger partial charge on any atom is 0.249 e. The topological polar surface area (TPSA) is 71.7 Å². The summed E-state index contributed by atoms with van der Waals surface area (Å²) in [6.07, 6.45) is 5.20. The minimum atomic E-state index is -0.151. The van der Waals surface area contributed by atoms with Gasteiger partial charge in [-0.2, -0.15) is 4.98 Å². The standard InChI is InChI=1S/C24H34N4O3/c1-17(2)30-22-11-7-6-10-20(22)16-27-13-12-21(23-25-18(3)26-31-23)28(15-14-27)24(29)19-8-4-5-9-19/h6-7,10-11,17,19,21H,4-5,8-9,12-16H2,1-3H3. The zero-order chi connectivity index (χ0) is 21.8. The summed E-state index contributed by atoms with van der Waals surface area (Å²) in [5.41, 5.74) is 1.18. The average molecular weight is 427 g/mol. The number of carbonyl (C=O) groups is 1. The third kappa shape index (κ3) is 5.26. The Labute approximate surface area is 184 Å². The second-order valence-corrected chi connectivity index (χ2v) is 9.05. The van der Waals surface area contributed by atoms with Gasteiger partial charge in [-0.1, -0.05) is 36.2 Å². The minimum absolute atomic E-state index is 0.134. The van der Waals surface area contributed by atoms with Crippen molar-refractivity contribution >= 4 is 5.91 Å². The molecule has 31 heavy (non-hydrogen) atoms. The lowest BCUT2D eigenvalue weighted by atomic mass is 10.0. The number of ether oxygens (including phenoxy) is 1. The summed E-state index contributed by atoms with van der Waals surface area (Å²) in [5.74, 6) is 2.50. The van der Waals surface area contributed by atoms with E-state index in [1.165, 1.54) is 5.56 Å². The molecule has 1 saturated carbocycles. The van der Waals surface area contributed by atoms with Crippen molar-refractivity contribution in [3.05, 3.63) is 41.5 Å². The molecule has 1 saturated heterocycles. The van der Waals surface area contributed by atoms with Crippen LogP contribution in [-0.2, 0) is 11.3 Å². The Bertz CT molecular complexity index is 875. The number of hydrogen-bond donors (Lipinski definition) is 0. The molecule has 7 heteroatoms. The Kier molecular flexibility index (Phi) is 6.90. The number of hydrogen-bond acceptors (Lipinski definition) is 6. The summed E-state index contributed by atoms with van der Waals surface area (Å²) in [6, 6.07) is 8.08. The van der Waals surface area contributed by atoms with Crippen LogP contribution in [0, 0.1) is 12.8 Å². The van der Waals surface area contributed by atoms with Crippen molar-refractivity contribution in [2.24, 2.45) is 5.92 Å². The van der Waals surface area contributed by atoms with E-state index in [4.69, 9.17) is 9.26 Å². The molecule has 1 aliphatic heterocycles. The van der Waals surface area contributed by atoms with Gasteiger partial charge in [0.2, 0.25) is 11.8 Å². The number of rotatable bonds is 6. The molecular formula is C24H34N4O3. The van der Waals surface area contributed by atoms with Crippen LogP contribution in [0.5, 0.6) is 5.75 Å². The summed E-state index contributed by atoms with van der Waals surface area (Å²) >= 11 is 0. The van der Waals surface area contributed by atoms with Crippen molar-refractivity contribution in [2.75, 3.05) is 19.6 Å². The van der Waals surface area contributed by atoms with Crippen LogP contribution in [0.3, 0.4) is 0 Å². The molecule has 1 amide bonds. The molecule has 1 atom stereocenters. The maximum atomic E-state index is 13.4. The number of amides is 1. The highest BCUT2D eigenvalue weighted by Gasteiger charge is 2.36. The monoisotopic (exact) mass is 426 g/mol. The zero-order valence-electron chi connectivity index (χ0n) is 18.9. The molecule has 2 aliphatic rings. The van der Waals surface area contributed by atoms with E-state index in [-0.39, 0.29) is 24.0 Å². The maximum absolute atomic E-state index is 13.4. The quantitative estimate of drug-likeness (QED) is 0.692. The van der Waals surface area contributed by atoms with E-state index in [1.54, 1.807) is 0 Å². The van der Waals surface area contributed by atoms with Crippen LogP contribution >= 0.6 is 0 Å². The normalized spacial score (nSPS) is 20.9. The van der Waals surface area contributed by atoms with E-state index >= 15 is 0 Å². The summed E-state index contributed by atoms with van der Waals surface area (Å²) in [4.78, 5) is 22.3.